The highest BCUT2D eigenvalue weighted by Gasteiger charge is 2.13. The third-order valence-corrected chi connectivity index (χ3v) is 5.36. The van der Waals surface area contributed by atoms with Gasteiger partial charge in [-0.1, -0.05) is 19.1 Å². The van der Waals surface area contributed by atoms with Gasteiger partial charge in [-0.3, -0.25) is 4.79 Å². The van der Waals surface area contributed by atoms with Crippen molar-refractivity contribution >= 4 is 37.5 Å². The molecule has 0 fully saturated rings. The molecule has 0 aliphatic heterocycles. The number of carbonyl (C=O) groups excluding carboxylic acids is 1. The maximum Gasteiger partial charge on any atom is 0.262 e. The maximum atomic E-state index is 12.0. The average molecular weight is 427 g/mol. The lowest BCUT2D eigenvalue weighted by Crippen LogP contribution is -2.24. The van der Waals surface area contributed by atoms with Crippen LogP contribution in [0, 0.1) is 0 Å². The number of amides is 1. The second-order valence-electron chi connectivity index (χ2n) is 5.19. The molecule has 2 N–H and O–H groups in total. The molecule has 0 atom stereocenters. The molecular formula is C17H19BrN2O4S. The number of sulfonamides is 1. The van der Waals surface area contributed by atoms with Crippen LogP contribution in [0.1, 0.15) is 13.3 Å². The van der Waals surface area contributed by atoms with E-state index in [-0.39, 0.29) is 17.4 Å². The highest BCUT2D eigenvalue weighted by atomic mass is 79.9. The van der Waals surface area contributed by atoms with Gasteiger partial charge in [-0.15, -0.1) is 0 Å². The molecule has 0 aromatic heterocycles. The largest absolute Gasteiger partial charge is 0.484 e. The summed E-state index contributed by atoms with van der Waals surface area (Å²) in [5.74, 6) is 0.102. The molecule has 1 amide bonds. The highest BCUT2D eigenvalue weighted by molar-refractivity contribution is 9.10. The number of carbonyl (C=O) groups is 1. The lowest BCUT2D eigenvalue weighted by molar-refractivity contribution is -0.118. The Morgan fingerprint density at radius 2 is 1.80 bits per heavy atom. The quantitative estimate of drug-likeness (QED) is 0.678. The van der Waals surface area contributed by atoms with Crippen LogP contribution in [0.25, 0.3) is 0 Å². The standard InChI is InChI=1S/C17H19BrN2O4S/c1-2-11-19-25(22,23)14-9-7-13(8-10-14)24-12-17(21)20-16-6-4-3-5-15(16)18/h3-10,19H,2,11-12H2,1H3,(H,20,21). The second kappa shape index (κ2) is 8.98. The van der Waals surface area contributed by atoms with Crippen LogP contribution in [-0.2, 0) is 14.8 Å². The van der Waals surface area contributed by atoms with Crippen molar-refractivity contribution in [3.8, 4) is 5.75 Å². The normalized spacial score (nSPS) is 11.1. The molecule has 2 aromatic rings. The van der Waals surface area contributed by atoms with Gasteiger partial charge in [-0.2, -0.15) is 0 Å². The van der Waals surface area contributed by atoms with Gasteiger partial charge >= 0.3 is 0 Å². The summed E-state index contributed by atoms with van der Waals surface area (Å²) in [5.41, 5.74) is 0.652. The minimum Gasteiger partial charge on any atom is -0.484 e. The van der Waals surface area contributed by atoms with Crippen molar-refractivity contribution in [2.45, 2.75) is 18.2 Å². The number of ether oxygens (including phenoxy) is 1. The lowest BCUT2D eigenvalue weighted by Gasteiger charge is -2.10. The topological polar surface area (TPSA) is 84.5 Å². The average Bonchev–Trinajstić information content (AvgIpc) is 2.60. The molecular weight excluding hydrogens is 408 g/mol. The minimum absolute atomic E-state index is 0.158. The molecule has 0 saturated carbocycles. The number of halogens is 1. The zero-order valence-corrected chi connectivity index (χ0v) is 16.1. The number of nitrogens with one attached hydrogen (secondary N) is 2. The molecule has 6 nitrogen and oxygen atoms in total. The summed E-state index contributed by atoms with van der Waals surface area (Å²) in [6.45, 7) is 2.09. The van der Waals surface area contributed by atoms with Gasteiger partial charge in [0.15, 0.2) is 6.61 Å². The minimum atomic E-state index is -3.51. The third-order valence-electron chi connectivity index (χ3n) is 3.19. The Hall–Kier alpha value is -1.90. The van der Waals surface area contributed by atoms with Crippen molar-refractivity contribution < 1.29 is 17.9 Å². The van der Waals surface area contributed by atoms with E-state index in [0.29, 0.717) is 24.4 Å². The molecule has 0 saturated heterocycles. The van der Waals surface area contributed by atoms with Gasteiger partial charge in [-0.25, -0.2) is 13.1 Å². The molecule has 0 bridgehead atoms. The lowest BCUT2D eigenvalue weighted by atomic mass is 10.3. The molecule has 0 spiro atoms. The molecule has 134 valence electrons. The maximum absolute atomic E-state index is 12.0. The second-order valence-corrected chi connectivity index (χ2v) is 7.81. The van der Waals surface area contributed by atoms with Crippen LogP contribution in [0.5, 0.6) is 5.75 Å². The van der Waals surface area contributed by atoms with E-state index in [4.69, 9.17) is 4.74 Å². The smallest absolute Gasteiger partial charge is 0.262 e. The van der Waals surface area contributed by atoms with Crippen molar-refractivity contribution in [2.24, 2.45) is 0 Å². The fraction of sp³-hybridized carbons (Fsp3) is 0.235. The van der Waals surface area contributed by atoms with Gasteiger partial charge in [0.05, 0.1) is 10.6 Å². The van der Waals surface area contributed by atoms with Gasteiger partial charge in [-0.05, 0) is 58.7 Å². The van der Waals surface area contributed by atoms with Crippen LogP contribution in [0.3, 0.4) is 0 Å². The number of benzene rings is 2. The molecule has 0 aliphatic rings. The highest BCUT2D eigenvalue weighted by Crippen LogP contribution is 2.21. The van der Waals surface area contributed by atoms with E-state index < -0.39 is 10.0 Å². The number of hydrogen-bond donors (Lipinski definition) is 2. The molecule has 2 aromatic carbocycles. The Bertz CT molecular complexity index is 823. The molecule has 0 heterocycles. The van der Waals surface area contributed by atoms with Crippen LogP contribution >= 0.6 is 15.9 Å². The van der Waals surface area contributed by atoms with Crippen LogP contribution in [0.2, 0.25) is 0 Å². The van der Waals surface area contributed by atoms with Crippen molar-refractivity contribution in [3.05, 3.63) is 53.0 Å². The molecule has 0 aliphatic carbocycles. The first-order chi connectivity index (χ1) is 11.9. The summed E-state index contributed by atoms with van der Waals surface area (Å²) in [7, 11) is -3.51. The van der Waals surface area contributed by atoms with E-state index in [0.717, 1.165) is 4.47 Å². The van der Waals surface area contributed by atoms with E-state index in [1.807, 2.05) is 25.1 Å². The van der Waals surface area contributed by atoms with Gasteiger partial charge < -0.3 is 10.1 Å². The summed E-state index contributed by atoms with van der Waals surface area (Å²) in [5, 5.41) is 2.72. The predicted octanol–water partition coefficient (Wildman–Crippen LogP) is 3.15. The van der Waals surface area contributed by atoms with Gasteiger partial charge in [0, 0.05) is 11.0 Å². The van der Waals surface area contributed by atoms with E-state index in [1.165, 1.54) is 24.3 Å². The monoisotopic (exact) mass is 426 g/mol. The van der Waals surface area contributed by atoms with Gasteiger partial charge in [0.2, 0.25) is 10.0 Å². The zero-order valence-electron chi connectivity index (χ0n) is 13.7. The third kappa shape index (κ3) is 5.84. The molecule has 2 rings (SSSR count). The Kier molecular flexibility index (Phi) is 6.98. The Labute approximate surface area is 155 Å². The van der Waals surface area contributed by atoms with Crippen LogP contribution in [-0.4, -0.2) is 27.5 Å². The number of rotatable bonds is 8. The van der Waals surface area contributed by atoms with Crippen LogP contribution in [0.15, 0.2) is 57.9 Å². The SMILES string of the molecule is CCCNS(=O)(=O)c1ccc(OCC(=O)Nc2ccccc2Br)cc1. The number of hydrogen-bond acceptors (Lipinski definition) is 4. The first-order valence-electron chi connectivity index (χ1n) is 7.69. The fourth-order valence-corrected chi connectivity index (χ4v) is 3.45. The van der Waals surface area contributed by atoms with Crippen LogP contribution < -0.4 is 14.8 Å². The molecule has 0 radical (unpaired) electrons. The van der Waals surface area contributed by atoms with Crippen LogP contribution in [0.4, 0.5) is 5.69 Å². The molecule has 25 heavy (non-hydrogen) atoms. The summed E-state index contributed by atoms with van der Waals surface area (Å²) in [6.07, 6.45) is 0.715. The van der Waals surface area contributed by atoms with E-state index in [9.17, 15) is 13.2 Å². The van der Waals surface area contributed by atoms with E-state index in [2.05, 4.69) is 26.0 Å². The number of para-hydroxylation sites is 1. The Morgan fingerprint density at radius 1 is 1.12 bits per heavy atom. The summed E-state index contributed by atoms with van der Waals surface area (Å²) in [4.78, 5) is 12.1. The van der Waals surface area contributed by atoms with Gasteiger partial charge in [0.25, 0.3) is 5.91 Å². The Morgan fingerprint density at radius 3 is 2.44 bits per heavy atom. The summed E-state index contributed by atoms with van der Waals surface area (Å²) < 4.78 is 32.6. The van der Waals surface area contributed by atoms with Gasteiger partial charge in [0.1, 0.15) is 5.75 Å². The first kappa shape index (κ1) is 19.4. The molecule has 0 unspecified atom stereocenters. The first-order valence-corrected chi connectivity index (χ1v) is 9.97. The summed E-state index contributed by atoms with van der Waals surface area (Å²) >= 11 is 3.35. The summed E-state index contributed by atoms with van der Waals surface area (Å²) in [6, 6.07) is 13.2. The number of anilines is 1. The molecule has 8 heteroatoms. The van der Waals surface area contributed by atoms with Crippen molar-refractivity contribution in [1.29, 1.82) is 0 Å². The predicted molar refractivity (Wildman–Crippen MR) is 100 cm³/mol. The Balaban J connectivity index is 1.91. The van der Waals surface area contributed by atoms with Crippen molar-refractivity contribution in [2.75, 3.05) is 18.5 Å². The van der Waals surface area contributed by atoms with E-state index >= 15 is 0 Å². The van der Waals surface area contributed by atoms with Crippen molar-refractivity contribution in [3.63, 3.8) is 0 Å². The fourth-order valence-electron chi connectivity index (χ4n) is 1.93. The zero-order chi connectivity index (χ0) is 18.3. The van der Waals surface area contributed by atoms with Crippen molar-refractivity contribution in [1.82, 2.24) is 4.72 Å². The van der Waals surface area contributed by atoms with E-state index in [1.54, 1.807) is 6.07 Å².